The van der Waals surface area contributed by atoms with E-state index in [2.05, 4.69) is 4.74 Å². The second-order valence-corrected chi connectivity index (χ2v) is 4.74. The highest BCUT2D eigenvalue weighted by Crippen LogP contribution is 2.24. The number of benzene rings is 1. The van der Waals surface area contributed by atoms with Gasteiger partial charge < -0.3 is 19.5 Å². The number of rotatable bonds is 3. The van der Waals surface area contributed by atoms with Crippen molar-refractivity contribution in [2.45, 2.75) is 18.6 Å². The lowest BCUT2D eigenvalue weighted by Crippen LogP contribution is -2.41. The molecule has 2 unspecified atom stereocenters. The molecular weight excluding hydrogens is 281 g/mol. The maximum Gasteiger partial charge on any atom is 0.328 e. The first-order valence-electron chi connectivity index (χ1n) is 6.38. The summed E-state index contributed by atoms with van der Waals surface area (Å²) in [5.74, 6) is -1.78. The van der Waals surface area contributed by atoms with Gasteiger partial charge in [0.15, 0.2) is 11.6 Å². The highest BCUT2D eigenvalue weighted by molar-refractivity contribution is 5.97. The third kappa shape index (κ3) is 2.97. The SMILES string of the molecule is COC(=O)C1CC(O)CN1C(=O)c1ccc(OC)c(F)c1. The highest BCUT2D eigenvalue weighted by Gasteiger charge is 2.40. The first-order chi connectivity index (χ1) is 9.97. The van der Waals surface area contributed by atoms with Crippen molar-refractivity contribution in [2.75, 3.05) is 20.8 Å². The summed E-state index contributed by atoms with van der Waals surface area (Å²) >= 11 is 0. The number of β-amino-alcohol motifs (C(OH)–C–C–N with tert-alkyl or cyclic N) is 1. The van der Waals surface area contributed by atoms with Gasteiger partial charge in [-0.3, -0.25) is 4.79 Å². The highest BCUT2D eigenvalue weighted by atomic mass is 19.1. The maximum absolute atomic E-state index is 13.7. The normalized spacial score (nSPS) is 21.2. The summed E-state index contributed by atoms with van der Waals surface area (Å²) in [5, 5.41) is 9.65. The van der Waals surface area contributed by atoms with E-state index in [0.717, 1.165) is 6.07 Å². The van der Waals surface area contributed by atoms with Crippen LogP contribution in [0.5, 0.6) is 5.75 Å². The van der Waals surface area contributed by atoms with Gasteiger partial charge in [-0.1, -0.05) is 0 Å². The molecule has 0 aliphatic carbocycles. The molecule has 1 aromatic rings. The Bertz CT molecular complexity index is 562. The summed E-state index contributed by atoms with van der Waals surface area (Å²) in [4.78, 5) is 25.2. The molecule has 2 atom stereocenters. The Morgan fingerprint density at radius 2 is 2.10 bits per heavy atom. The number of halogens is 1. The summed E-state index contributed by atoms with van der Waals surface area (Å²) in [6.45, 7) is 0.00620. The third-order valence-electron chi connectivity index (χ3n) is 3.41. The molecule has 0 aromatic heterocycles. The van der Waals surface area contributed by atoms with E-state index in [-0.39, 0.29) is 24.3 Å². The number of amides is 1. The number of aliphatic hydroxyl groups is 1. The second kappa shape index (κ2) is 6.09. The Labute approximate surface area is 121 Å². The molecule has 1 aliphatic rings. The minimum Gasteiger partial charge on any atom is -0.494 e. The smallest absolute Gasteiger partial charge is 0.328 e. The van der Waals surface area contributed by atoms with Gasteiger partial charge in [0.05, 0.1) is 20.3 Å². The molecule has 0 bridgehead atoms. The van der Waals surface area contributed by atoms with Crippen molar-refractivity contribution in [3.63, 3.8) is 0 Å². The fourth-order valence-electron chi connectivity index (χ4n) is 2.36. The summed E-state index contributed by atoms with van der Waals surface area (Å²) in [7, 11) is 2.53. The van der Waals surface area contributed by atoms with Crippen molar-refractivity contribution in [1.29, 1.82) is 0 Å². The van der Waals surface area contributed by atoms with Crippen LogP contribution in [0.15, 0.2) is 18.2 Å². The number of methoxy groups -OCH3 is 2. The van der Waals surface area contributed by atoms with E-state index in [1.165, 1.54) is 31.3 Å². The van der Waals surface area contributed by atoms with Crippen molar-refractivity contribution in [2.24, 2.45) is 0 Å². The number of nitrogens with zero attached hydrogens (tertiary/aromatic N) is 1. The molecule has 0 saturated carbocycles. The standard InChI is InChI=1S/C14H16FNO5/c1-20-12-4-3-8(5-10(12)15)13(18)16-7-9(17)6-11(16)14(19)21-2/h3-5,9,11,17H,6-7H2,1-2H3. The van der Waals surface area contributed by atoms with Crippen molar-refractivity contribution in [3.8, 4) is 5.75 Å². The monoisotopic (exact) mass is 297 g/mol. The summed E-state index contributed by atoms with van der Waals surface area (Å²) in [6.07, 6.45) is -0.696. The largest absolute Gasteiger partial charge is 0.494 e. The van der Waals surface area contributed by atoms with E-state index in [4.69, 9.17) is 4.74 Å². The van der Waals surface area contributed by atoms with Crippen LogP contribution in [0, 0.1) is 5.82 Å². The third-order valence-corrected chi connectivity index (χ3v) is 3.41. The first kappa shape index (κ1) is 15.2. The molecule has 1 fully saturated rings. The summed E-state index contributed by atoms with van der Waals surface area (Å²) in [6, 6.07) is 2.92. The van der Waals surface area contributed by atoms with Crippen LogP contribution in [0.25, 0.3) is 0 Å². The minimum absolute atomic E-state index is 0.00620. The second-order valence-electron chi connectivity index (χ2n) is 4.74. The number of esters is 1. The Morgan fingerprint density at radius 1 is 1.38 bits per heavy atom. The Hall–Kier alpha value is -2.15. The lowest BCUT2D eigenvalue weighted by Gasteiger charge is -2.22. The minimum atomic E-state index is -0.859. The number of aliphatic hydroxyl groups excluding tert-OH is 1. The van der Waals surface area contributed by atoms with Crippen molar-refractivity contribution in [1.82, 2.24) is 4.90 Å². The number of hydrogen-bond donors (Lipinski definition) is 1. The zero-order chi connectivity index (χ0) is 15.6. The van der Waals surface area contributed by atoms with Gasteiger partial charge in [-0.2, -0.15) is 0 Å². The summed E-state index contributed by atoms with van der Waals surface area (Å²) < 4.78 is 23.1. The zero-order valence-electron chi connectivity index (χ0n) is 11.7. The van der Waals surface area contributed by atoms with Crippen LogP contribution in [-0.2, 0) is 9.53 Å². The van der Waals surface area contributed by atoms with Crippen molar-refractivity contribution in [3.05, 3.63) is 29.6 Å². The molecule has 7 heteroatoms. The number of likely N-dealkylation sites (tertiary alicyclic amines) is 1. The quantitative estimate of drug-likeness (QED) is 0.826. The van der Waals surface area contributed by atoms with Crippen LogP contribution in [-0.4, -0.2) is 54.8 Å². The van der Waals surface area contributed by atoms with E-state index in [1.807, 2.05) is 0 Å². The van der Waals surface area contributed by atoms with Gasteiger partial charge in [-0.25, -0.2) is 9.18 Å². The van der Waals surface area contributed by atoms with E-state index in [9.17, 15) is 19.1 Å². The van der Waals surface area contributed by atoms with Crippen LogP contribution in [0.3, 0.4) is 0 Å². The number of carbonyl (C=O) groups excluding carboxylic acids is 2. The zero-order valence-corrected chi connectivity index (χ0v) is 11.7. The van der Waals surface area contributed by atoms with Gasteiger partial charge in [0.2, 0.25) is 0 Å². The molecule has 21 heavy (non-hydrogen) atoms. The molecule has 1 aromatic carbocycles. The average molecular weight is 297 g/mol. The number of ether oxygens (including phenoxy) is 2. The van der Waals surface area contributed by atoms with Crippen LogP contribution >= 0.6 is 0 Å². The molecular formula is C14H16FNO5. The molecule has 0 radical (unpaired) electrons. The van der Waals surface area contributed by atoms with E-state index in [1.54, 1.807) is 0 Å². The fourth-order valence-corrected chi connectivity index (χ4v) is 2.36. The van der Waals surface area contributed by atoms with E-state index >= 15 is 0 Å². The molecule has 1 saturated heterocycles. The van der Waals surface area contributed by atoms with Gasteiger partial charge >= 0.3 is 5.97 Å². The molecule has 114 valence electrons. The molecule has 1 amide bonds. The van der Waals surface area contributed by atoms with Crippen LogP contribution in [0.2, 0.25) is 0 Å². The van der Waals surface area contributed by atoms with E-state index in [0.29, 0.717) is 0 Å². The van der Waals surface area contributed by atoms with E-state index < -0.39 is 29.8 Å². The van der Waals surface area contributed by atoms with Gasteiger partial charge in [0.1, 0.15) is 6.04 Å². The Kier molecular flexibility index (Phi) is 4.42. The number of carbonyl (C=O) groups is 2. The average Bonchev–Trinajstić information content (AvgIpc) is 2.87. The Balaban J connectivity index is 2.25. The van der Waals surface area contributed by atoms with Crippen LogP contribution in [0.4, 0.5) is 4.39 Å². The molecule has 0 spiro atoms. The topological polar surface area (TPSA) is 76.1 Å². The summed E-state index contributed by atoms with van der Waals surface area (Å²) in [5.41, 5.74) is 0.0799. The maximum atomic E-state index is 13.7. The molecule has 2 rings (SSSR count). The predicted octanol–water partition coefficient (Wildman–Crippen LogP) is 0.583. The van der Waals surface area contributed by atoms with Crippen molar-refractivity contribution >= 4 is 11.9 Å². The van der Waals surface area contributed by atoms with Crippen LogP contribution < -0.4 is 4.74 Å². The molecule has 6 nitrogen and oxygen atoms in total. The van der Waals surface area contributed by atoms with Gasteiger partial charge in [-0.05, 0) is 18.2 Å². The number of hydrogen-bond acceptors (Lipinski definition) is 5. The predicted molar refractivity (Wildman–Crippen MR) is 70.4 cm³/mol. The van der Waals surface area contributed by atoms with Gasteiger partial charge in [-0.15, -0.1) is 0 Å². The lowest BCUT2D eigenvalue weighted by atomic mass is 10.1. The first-order valence-corrected chi connectivity index (χ1v) is 6.38. The molecule has 1 heterocycles. The van der Waals surface area contributed by atoms with Crippen LogP contribution in [0.1, 0.15) is 16.8 Å². The van der Waals surface area contributed by atoms with Gasteiger partial charge in [0.25, 0.3) is 5.91 Å². The lowest BCUT2D eigenvalue weighted by molar-refractivity contribution is -0.145. The Morgan fingerprint density at radius 3 is 2.67 bits per heavy atom. The van der Waals surface area contributed by atoms with Crippen molar-refractivity contribution < 1.29 is 28.6 Å². The fraction of sp³-hybridized carbons (Fsp3) is 0.429. The molecule has 1 N–H and O–H groups in total. The van der Waals surface area contributed by atoms with Gasteiger partial charge in [0, 0.05) is 18.5 Å². The molecule has 1 aliphatic heterocycles.